The second kappa shape index (κ2) is 6.06. The van der Waals surface area contributed by atoms with Crippen LogP contribution in [0.15, 0.2) is 12.1 Å². The van der Waals surface area contributed by atoms with Crippen molar-refractivity contribution in [2.75, 3.05) is 13.2 Å². The molecule has 0 aliphatic heterocycles. The first-order valence-corrected chi connectivity index (χ1v) is 3.89. The van der Waals surface area contributed by atoms with E-state index in [1.807, 2.05) is 0 Å². The fourth-order valence-corrected chi connectivity index (χ4v) is 0.818. The Hall–Kier alpha value is -0.460. The van der Waals surface area contributed by atoms with E-state index in [1.54, 1.807) is 0 Å². The van der Waals surface area contributed by atoms with E-state index >= 15 is 0 Å². The van der Waals surface area contributed by atoms with Crippen LogP contribution in [0.25, 0.3) is 0 Å². The molecule has 0 saturated carbocycles. The summed E-state index contributed by atoms with van der Waals surface area (Å²) in [6.45, 7) is -0.166. The standard InChI is InChI=1S/C8H16O5/c1-5(3-9)2-6(11)8(13)7(12)4-10/h6-13H,1-4H2/t6-,7-,8+/m1/s1/i1D. The SMILES string of the molecule is [2H]C=C(CO)C[C@@H](O)[C@H](O)[C@H](O)CO. The molecule has 0 heterocycles. The van der Waals surface area contributed by atoms with E-state index in [1.165, 1.54) is 0 Å². The summed E-state index contributed by atoms with van der Waals surface area (Å²) >= 11 is 0. The minimum Gasteiger partial charge on any atom is -0.394 e. The molecule has 0 aromatic carbocycles. The first-order valence-electron chi connectivity index (χ1n) is 4.46. The molecule has 78 valence electrons. The maximum absolute atomic E-state index is 9.30. The molecule has 0 aliphatic rings. The number of hydrogen-bond donors (Lipinski definition) is 5. The zero-order chi connectivity index (χ0) is 11.1. The van der Waals surface area contributed by atoms with Crippen molar-refractivity contribution in [2.45, 2.75) is 24.7 Å². The van der Waals surface area contributed by atoms with Crippen molar-refractivity contribution < 1.29 is 26.9 Å². The first kappa shape index (κ1) is 10.6. The van der Waals surface area contributed by atoms with Gasteiger partial charge in [0, 0.05) is 0 Å². The quantitative estimate of drug-likeness (QED) is 0.314. The Bertz CT molecular complexity index is 185. The summed E-state index contributed by atoms with van der Waals surface area (Å²) in [6, 6.07) is 0. The van der Waals surface area contributed by atoms with Gasteiger partial charge in [0.15, 0.2) is 0 Å². The number of aliphatic hydroxyl groups excluding tert-OH is 5. The van der Waals surface area contributed by atoms with Gasteiger partial charge in [-0.2, -0.15) is 0 Å². The molecule has 5 nitrogen and oxygen atoms in total. The third-order valence-electron chi connectivity index (χ3n) is 1.65. The van der Waals surface area contributed by atoms with Crippen LogP contribution in [0.3, 0.4) is 0 Å². The Balaban J connectivity index is 4.12. The summed E-state index contributed by atoms with van der Waals surface area (Å²) in [5, 5.41) is 44.6. The van der Waals surface area contributed by atoms with Crippen molar-refractivity contribution >= 4 is 0 Å². The molecule has 0 radical (unpaired) electrons. The maximum atomic E-state index is 9.30. The minimum atomic E-state index is -1.48. The van der Waals surface area contributed by atoms with Crippen molar-refractivity contribution in [1.82, 2.24) is 0 Å². The second-order valence-electron chi connectivity index (χ2n) is 2.83. The summed E-state index contributed by atoms with van der Waals surface area (Å²) in [4.78, 5) is 0. The van der Waals surface area contributed by atoms with E-state index in [9.17, 15) is 10.2 Å². The molecular weight excluding hydrogens is 176 g/mol. The van der Waals surface area contributed by atoms with E-state index in [-0.39, 0.29) is 18.6 Å². The normalized spacial score (nSPS) is 20.7. The molecule has 5 heteroatoms. The fraction of sp³-hybridized carbons (Fsp3) is 0.750. The van der Waals surface area contributed by atoms with Crippen molar-refractivity contribution in [3.63, 3.8) is 0 Å². The lowest BCUT2D eigenvalue weighted by Crippen LogP contribution is -2.39. The molecule has 3 atom stereocenters. The van der Waals surface area contributed by atoms with E-state index < -0.39 is 24.9 Å². The predicted octanol–water partition coefficient (Wildman–Crippen LogP) is -2.00. The van der Waals surface area contributed by atoms with Gasteiger partial charge in [-0.3, -0.25) is 0 Å². The molecular formula is C8H16O5. The monoisotopic (exact) mass is 193 g/mol. The van der Waals surface area contributed by atoms with Crippen LogP contribution in [0.5, 0.6) is 0 Å². The molecule has 0 unspecified atom stereocenters. The Morgan fingerprint density at radius 3 is 2.23 bits per heavy atom. The van der Waals surface area contributed by atoms with Gasteiger partial charge in [0.1, 0.15) is 12.2 Å². The van der Waals surface area contributed by atoms with Gasteiger partial charge in [0.05, 0.1) is 20.7 Å². The van der Waals surface area contributed by atoms with Crippen molar-refractivity contribution in [3.8, 4) is 0 Å². The highest BCUT2D eigenvalue weighted by molar-refractivity contribution is 4.97. The van der Waals surface area contributed by atoms with Crippen LogP contribution in [0.4, 0.5) is 0 Å². The zero-order valence-corrected chi connectivity index (χ0v) is 7.17. The maximum Gasteiger partial charge on any atom is 0.108 e. The fourth-order valence-electron chi connectivity index (χ4n) is 0.818. The van der Waals surface area contributed by atoms with E-state index in [4.69, 9.17) is 16.7 Å². The molecule has 0 fully saturated rings. The average Bonchev–Trinajstić information content (AvgIpc) is 2.23. The smallest absolute Gasteiger partial charge is 0.108 e. The van der Waals surface area contributed by atoms with Crippen LogP contribution >= 0.6 is 0 Å². The third kappa shape index (κ3) is 4.35. The average molecular weight is 193 g/mol. The first-order chi connectivity index (χ1) is 6.56. The largest absolute Gasteiger partial charge is 0.394 e. The summed E-state index contributed by atoms with van der Waals surface area (Å²) in [5.41, 5.74) is 0.238. The molecule has 0 spiro atoms. The van der Waals surface area contributed by atoms with Crippen LogP contribution in [-0.2, 0) is 0 Å². The molecule has 0 rings (SSSR count). The van der Waals surface area contributed by atoms with Gasteiger partial charge in [0.2, 0.25) is 0 Å². The second-order valence-corrected chi connectivity index (χ2v) is 2.83. The van der Waals surface area contributed by atoms with Gasteiger partial charge in [-0.25, -0.2) is 0 Å². The molecule has 0 aromatic heterocycles. The molecule has 0 amide bonds. The number of aliphatic hydroxyl groups is 5. The summed E-state index contributed by atoms with van der Waals surface area (Å²) in [5.74, 6) is 0. The van der Waals surface area contributed by atoms with E-state index in [2.05, 4.69) is 0 Å². The Morgan fingerprint density at radius 1 is 1.23 bits per heavy atom. The Kier molecular flexibility index (Phi) is 4.95. The molecule has 0 saturated heterocycles. The zero-order valence-electron chi connectivity index (χ0n) is 8.17. The van der Waals surface area contributed by atoms with Crippen LogP contribution in [0.2, 0.25) is 0 Å². The topological polar surface area (TPSA) is 101 Å². The molecule has 0 bridgehead atoms. The van der Waals surface area contributed by atoms with Crippen molar-refractivity contribution in [2.24, 2.45) is 0 Å². The van der Waals surface area contributed by atoms with Gasteiger partial charge in [-0.05, 0) is 12.0 Å². The van der Waals surface area contributed by atoms with Crippen molar-refractivity contribution in [3.05, 3.63) is 12.1 Å². The summed E-state index contributed by atoms with van der Waals surface area (Å²) in [6.07, 6.45) is -4.32. The molecule has 5 N–H and O–H groups in total. The lowest BCUT2D eigenvalue weighted by Gasteiger charge is -2.21. The summed E-state index contributed by atoms with van der Waals surface area (Å²) < 4.78 is 6.82. The minimum absolute atomic E-state index is 0.113. The molecule has 13 heavy (non-hydrogen) atoms. The highest BCUT2D eigenvalue weighted by Gasteiger charge is 2.24. The Labute approximate surface area is 78.0 Å². The van der Waals surface area contributed by atoms with Crippen molar-refractivity contribution in [1.29, 1.82) is 0 Å². The van der Waals surface area contributed by atoms with Gasteiger partial charge in [0.25, 0.3) is 0 Å². The van der Waals surface area contributed by atoms with E-state index in [0.29, 0.717) is 0 Å². The van der Waals surface area contributed by atoms with Gasteiger partial charge < -0.3 is 25.5 Å². The third-order valence-corrected chi connectivity index (χ3v) is 1.65. The predicted molar refractivity (Wildman–Crippen MR) is 45.9 cm³/mol. The lowest BCUT2D eigenvalue weighted by atomic mass is 10.0. The van der Waals surface area contributed by atoms with E-state index in [0.717, 1.165) is 6.55 Å². The van der Waals surface area contributed by atoms with Gasteiger partial charge in [-0.1, -0.05) is 6.55 Å². The molecule has 0 aromatic rings. The Morgan fingerprint density at radius 2 is 1.85 bits per heavy atom. The molecule has 0 aliphatic carbocycles. The highest BCUT2D eigenvalue weighted by atomic mass is 16.4. The van der Waals surface area contributed by atoms with Gasteiger partial charge >= 0.3 is 0 Å². The van der Waals surface area contributed by atoms with Crippen LogP contribution in [0, 0.1) is 0 Å². The van der Waals surface area contributed by atoms with Crippen LogP contribution in [0.1, 0.15) is 7.79 Å². The van der Waals surface area contributed by atoms with Crippen LogP contribution < -0.4 is 0 Å². The summed E-state index contributed by atoms with van der Waals surface area (Å²) in [7, 11) is 0. The van der Waals surface area contributed by atoms with Crippen LogP contribution in [-0.4, -0.2) is 57.1 Å². The lowest BCUT2D eigenvalue weighted by molar-refractivity contribution is -0.0759. The number of hydrogen-bond acceptors (Lipinski definition) is 5. The number of rotatable bonds is 6. The van der Waals surface area contributed by atoms with Gasteiger partial charge in [-0.15, -0.1) is 0 Å². The highest BCUT2D eigenvalue weighted by Crippen LogP contribution is 2.09.